The Hall–Kier alpha value is -1.38. The molecule has 2 heterocycles. The van der Waals surface area contributed by atoms with Crippen molar-refractivity contribution in [2.45, 2.75) is 19.9 Å². The lowest BCUT2D eigenvalue weighted by molar-refractivity contribution is -0.116. The maximum absolute atomic E-state index is 11.7. The van der Waals surface area contributed by atoms with Crippen molar-refractivity contribution in [1.82, 2.24) is 19.6 Å². The van der Waals surface area contributed by atoms with Gasteiger partial charge in [0.05, 0.1) is 16.3 Å². The summed E-state index contributed by atoms with van der Waals surface area (Å²) in [5.41, 5.74) is 1.08. The van der Waals surface area contributed by atoms with Gasteiger partial charge in [0, 0.05) is 31.4 Å². The first-order valence-electron chi connectivity index (χ1n) is 5.53. The second kappa shape index (κ2) is 5.51. The average molecular weight is 359 g/mol. The van der Waals surface area contributed by atoms with Crippen molar-refractivity contribution >= 4 is 34.3 Å². The van der Waals surface area contributed by atoms with Crippen LogP contribution in [0.2, 0.25) is 0 Å². The predicted molar refractivity (Wildman–Crippen MR) is 76.1 cm³/mol. The van der Waals surface area contributed by atoms with Gasteiger partial charge in [0.2, 0.25) is 5.91 Å². The number of hydrogen-bond acceptors (Lipinski definition) is 3. The SMILES string of the molecule is Cc1c(I)cnn1CCC(=O)Nc1ccn(C)n1. The van der Waals surface area contributed by atoms with Crippen LogP contribution in [-0.4, -0.2) is 25.5 Å². The summed E-state index contributed by atoms with van der Waals surface area (Å²) in [6.45, 7) is 2.57. The third-order valence-electron chi connectivity index (χ3n) is 2.58. The Kier molecular flexibility index (Phi) is 4.00. The summed E-state index contributed by atoms with van der Waals surface area (Å²) in [7, 11) is 1.81. The van der Waals surface area contributed by atoms with E-state index in [1.807, 2.05) is 18.7 Å². The molecule has 0 radical (unpaired) electrons. The molecule has 0 fully saturated rings. The van der Waals surface area contributed by atoms with E-state index >= 15 is 0 Å². The summed E-state index contributed by atoms with van der Waals surface area (Å²) in [5.74, 6) is 0.521. The fourth-order valence-corrected chi connectivity index (χ4v) is 1.95. The normalized spacial score (nSPS) is 10.6. The van der Waals surface area contributed by atoms with Crippen LogP contribution >= 0.6 is 22.6 Å². The van der Waals surface area contributed by atoms with Crippen LogP contribution in [-0.2, 0) is 18.4 Å². The number of rotatable bonds is 4. The quantitative estimate of drug-likeness (QED) is 0.843. The molecule has 0 spiro atoms. The minimum absolute atomic E-state index is 0.0568. The van der Waals surface area contributed by atoms with Gasteiger partial charge in [-0.25, -0.2) is 0 Å². The maximum Gasteiger partial charge on any atom is 0.227 e. The number of nitrogens with zero attached hydrogens (tertiary/aromatic N) is 4. The van der Waals surface area contributed by atoms with Gasteiger partial charge in [-0.05, 0) is 29.5 Å². The van der Waals surface area contributed by atoms with Gasteiger partial charge in [0.1, 0.15) is 0 Å². The summed E-state index contributed by atoms with van der Waals surface area (Å²) in [5, 5.41) is 11.0. The third kappa shape index (κ3) is 3.09. The molecule has 18 heavy (non-hydrogen) atoms. The van der Waals surface area contributed by atoms with Crippen molar-refractivity contribution in [3.63, 3.8) is 0 Å². The second-order valence-electron chi connectivity index (χ2n) is 3.97. The molecule has 0 atom stereocenters. The number of aromatic nitrogens is 4. The second-order valence-corrected chi connectivity index (χ2v) is 5.14. The molecule has 0 aliphatic carbocycles. The van der Waals surface area contributed by atoms with Crippen molar-refractivity contribution in [1.29, 1.82) is 0 Å². The van der Waals surface area contributed by atoms with Crippen LogP contribution in [0.25, 0.3) is 0 Å². The number of hydrogen-bond donors (Lipinski definition) is 1. The van der Waals surface area contributed by atoms with Gasteiger partial charge in [-0.15, -0.1) is 0 Å². The van der Waals surface area contributed by atoms with Crippen LogP contribution in [0, 0.1) is 10.5 Å². The molecule has 1 N–H and O–H groups in total. The first-order valence-corrected chi connectivity index (χ1v) is 6.61. The molecule has 6 nitrogen and oxygen atoms in total. The highest BCUT2D eigenvalue weighted by Crippen LogP contribution is 2.10. The highest BCUT2D eigenvalue weighted by Gasteiger charge is 2.07. The van der Waals surface area contributed by atoms with Crippen LogP contribution in [0.15, 0.2) is 18.5 Å². The average Bonchev–Trinajstić information content (AvgIpc) is 2.86. The van der Waals surface area contributed by atoms with Gasteiger partial charge in [-0.3, -0.25) is 14.2 Å². The van der Waals surface area contributed by atoms with Crippen molar-refractivity contribution < 1.29 is 4.79 Å². The van der Waals surface area contributed by atoms with Crippen LogP contribution in [0.4, 0.5) is 5.82 Å². The molecular weight excluding hydrogens is 345 g/mol. The summed E-state index contributed by atoms with van der Waals surface area (Å²) in [4.78, 5) is 11.7. The van der Waals surface area contributed by atoms with Gasteiger partial charge in [-0.2, -0.15) is 10.2 Å². The lowest BCUT2D eigenvalue weighted by Crippen LogP contribution is -2.16. The number of amides is 1. The number of carbonyl (C=O) groups is 1. The fourth-order valence-electron chi connectivity index (χ4n) is 1.54. The summed E-state index contributed by atoms with van der Waals surface area (Å²) >= 11 is 2.23. The number of aryl methyl sites for hydroxylation is 2. The Balaban J connectivity index is 1.87. The van der Waals surface area contributed by atoms with E-state index in [1.165, 1.54) is 0 Å². The Bertz CT molecular complexity index is 560. The smallest absolute Gasteiger partial charge is 0.227 e. The van der Waals surface area contributed by atoms with E-state index in [-0.39, 0.29) is 5.91 Å². The van der Waals surface area contributed by atoms with Crippen molar-refractivity contribution in [3.8, 4) is 0 Å². The van der Waals surface area contributed by atoms with Crippen molar-refractivity contribution in [3.05, 3.63) is 27.7 Å². The summed E-state index contributed by atoms with van der Waals surface area (Å²) in [6, 6.07) is 1.76. The summed E-state index contributed by atoms with van der Waals surface area (Å²) < 4.78 is 4.59. The Morgan fingerprint density at radius 3 is 2.89 bits per heavy atom. The Morgan fingerprint density at radius 2 is 2.33 bits per heavy atom. The van der Waals surface area contributed by atoms with Crippen LogP contribution in [0.3, 0.4) is 0 Å². The molecule has 7 heteroatoms. The molecule has 1 amide bonds. The minimum Gasteiger partial charge on any atom is -0.309 e. The zero-order valence-corrected chi connectivity index (χ0v) is 12.4. The molecule has 2 aromatic rings. The van der Waals surface area contributed by atoms with Crippen LogP contribution < -0.4 is 5.32 Å². The molecule has 0 unspecified atom stereocenters. The van der Waals surface area contributed by atoms with E-state index < -0.39 is 0 Å². The predicted octanol–water partition coefficient (Wildman–Crippen LogP) is 1.56. The molecule has 0 saturated carbocycles. The standard InChI is InChI=1S/C11H14IN5O/c1-8-9(12)7-13-17(8)6-4-11(18)14-10-3-5-16(2)15-10/h3,5,7H,4,6H2,1-2H3,(H,14,15,18). The van der Waals surface area contributed by atoms with E-state index in [0.29, 0.717) is 18.8 Å². The number of carbonyl (C=O) groups excluding carboxylic acids is 1. The third-order valence-corrected chi connectivity index (χ3v) is 3.63. The largest absolute Gasteiger partial charge is 0.309 e. The Morgan fingerprint density at radius 1 is 1.56 bits per heavy atom. The number of anilines is 1. The molecule has 0 aromatic carbocycles. The fraction of sp³-hybridized carbons (Fsp3) is 0.364. The lowest BCUT2D eigenvalue weighted by Gasteiger charge is -2.04. The zero-order valence-electron chi connectivity index (χ0n) is 10.2. The molecule has 96 valence electrons. The Labute approximate surface area is 119 Å². The van der Waals surface area contributed by atoms with Gasteiger partial charge in [-0.1, -0.05) is 0 Å². The highest BCUT2D eigenvalue weighted by atomic mass is 127. The minimum atomic E-state index is -0.0568. The molecule has 0 bridgehead atoms. The summed E-state index contributed by atoms with van der Waals surface area (Å²) in [6.07, 6.45) is 3.97. The van der Waals surface area contributed by atoms with E-state index in [4.69, 9.17) is 0 Å². The van der Waals surface area contributed by atoms with E-state index in [9.17, 15) is 4.79 Å². The maximum atomic E-state index is 11.7. The zero-order chi connectivity index (χ0) is 13.1. The first-order chi connectivity index (χ1) is 8.56. The van der Waals surface area contributed by atoms with Crippen LogP contribution in [0.1, 0.15) is 12.1 Å². The molecule has 0 aliphatic heterocycles. The lowest BCUT2D eigenvalue weighted by atomic mass is 10.4. The molecule has 0 saturated heterocycles. The highest BCUT2D eigenvalue weighted by molar-refractivity contribution is 14.1. The number of halogens is 1. The first kappa shape index (κ1) is 13.1. The van der Waals surface area contributed by atoms with Gasteiger partial charge < -0.3 is 5.32 Å². The van der Waals surface area contributed by atoms with E-state index in [2.05, 4.69) is 38.1 Å². The van der Waals surface area contributed by atoms with Crippen molar-refractivity contribution in [2.24, 2.45) is 7.05 Å². The monoisotopic (exact) mass is 359 g/mol. The number of nitrogens with one attached hydrogen (secondary N) is 1. The molecule has 2 rings (SSSR count). The van der Waals surface area contributed by atoms with E-state index in [1.54, 1.807) is 23.1 Å². The van der Waals surface area contributed by atoms with Gasteiger partial charge in [0.15, 0.2) is 5.82 Å². The van der Waals surface area contributed by atoms with Gasteiger partial charge in [0.25, 0.3) is 0 Å². The molecule has 0 aliphatic rings. The topological polar surface area (TPSA) is 64.7 Å². The van der Waals surface area contributed by atoms with Crippen molar-refractivity contribution in [2.75, 3.05) is 5.32 Å². The van der Waals surface area contributed by atoms with Gasteiger partial charge >= 0.3 is 0 Å². The van der Waals surface area contributed by atoms with Crippen LogP contribution in [0.5, 0.6) is 0 Å². The van der Waals surface area contributed by atoms with E-state index in [0.717, 1.165) is 9.26 Å². The molecular formula is C11H14IN5O. The molecule has 2 aromatic heterocycles.